The Labute approximate surface area is 196 Å². The molecule has 0 saturated carbocycles. The standard InChI is InChI=1S/C23H31N3O5S2/c1-5-15(6-2)25-32(28,29)17-9-11-19-20-12-10-18(33(30,31)26-16(7-3)8-4)14-22(20)23(24-27)21(19)13-17/h9-16,25-27H,5-8H2,1-4H3. The van der Waals surface area contributed by atoms with E-state index in [2.05, 4.69) is 14.6 Å². The lowest BCUT2D eigenvalue weighted by Crippen LogP contribution is -2.33. The van der Waals surface area contributed by atoms with Gasteiger partial charge in [0, 0.05) is 23.2 Å². The van der Waals surface area contributed by atoms with Crippen LogP contribution in [0.4, 0.5) is 0 Å². The Morgan fingerprint density at radius 3 is 1.36 bits per heavy atom. The Morgan fingerprint density at radius 1 is 0.697 bits per heavy atom. The number of nitrogens with zero attached hydrogens (tertiary/aromatic N) is 1. The average Bonchev–Trinajstić information content (AvgIpc) is 3.13. The minimum Gasteiger partial charge on any atom is -0.410 e. The first-order valence-corrected chi connectivity index (χ1v) is 14.1. The van der Waals surface area contributed by atoms with Gasteiger partial charge in [-0.3, -0.25) is 0 Å². The highest BCUT2D eigenvalue weighted by Gasteiger charge is 2.30. The summed E-state index contributed by atoms with van der Waals surface area (Å²) in [6, 6.07) is 8.90. The normalized spacial score (nSPS) is 13.5. The summed E-state index contributed by atoms with van der Waals surface area (Å²) < 4.78 is 56.9. The molecule has 0 amide bonds. The van der Waals surface area contributed by atoms with Crippen molar-refractivity contribution in [2.45, 2.75) is 75.3 Å². The molecule has 10 heteroatoms. The first-order valence-electron chi connectivity index (χ1n) is 11.2. The molecule has 2 aromatic carbocycles. The quantitative estimate of drug-likeness (QED) is 0.292. The first-order chi connectivity index (χ1) is 15.6. The smallest absolute Gasteiger partial charge is 0.240 e. The van der Waals surface area contributed by atoms with Gasteiger partial charge in [-0.1, -0.05) is 45.0 Å². The fourth-order valence-electron chi connectivity index (χ4n) is 3.98. The van der Waals surface area contributed by atoms with Crippen LogP contribution in [0.1, 0.15) is 64.5 Å². The molecule has 0 heterocycles. The van der Waals surface area contributed by atoms with Crippen LogP contribution in [-0.2, 0) is 20.0 Å². The highest BCUT2D eigenvalue weighted by molar-refractivity contribution is 7.89. The van der Waals surface area contributed by atoms with Gasteiger partial charge in [-0.15, -0.1) is 0 Å². The molecule has 0 aliphatic heterocycles. The Bertz CT molecular complexity index is 1170. The Kier molecular flexibility index (Phi) is 7.62. The molecule has 0 radical (unpaired) electrons. The lowest BCUT2D eigenvalue weighted by molar-refractivity contribution is 0.320. The highest BCUT2D eigenvalue weighted by atomic mass is 32.2. The Hall–Kier alpha value is -2.27. The largest absolute Gasteiger partial charge is 0.410 e. The second-order valence-corrected chi connectivity index (χ2v) is 11.6. The molecule has 0 unspecified atom stereocenters. The molecule has 3 N–H and O–H groups in total. The van der Waals surface area contributed by atoms with Gasteiger partial charge in [0.1, 0.15) is 5.71 Å². The molecule has 33 heavy (non-hydrogen) atoms. The molecule has 0 saturated heterocycles. The van der Waals surface area contributed by atoms with Gasteiger partial charge in [-0.25, -0.2) is 26.3 Å². The molecule has 0 fully saturated rings. The number of benzene rings is 2. The van der Waals surface area contributed by atoms with E-state index >= 15 is 0 Å². The lowest BCUT2D eigenvalue weighted by Gasteiger charge is -2.15. The molecule has 1 aliphatic rings. The molecular weight excluding hydrogens is 462 g/mol. The van der Waals surface area contributed by atoms with E-state index in [9.17, 15) is 22.0 Å². The fraction of sp³-hybridized carbons (Fsp3) is 0.435. The van der Waals surface area contributed by atoms with E-state index in [1.807, 2.05) is 27.7 Å². The van der Waals surface area contributed by atoms with Crippen LogP contribution in [0.15, 0.2) is 51.3 Å². The van der Waals surface area contributed by atoms with E-state index in [0.717, 1.165) is 0 Å². The van der Waals surface area contributed by atoms with Gasteiger partial charge in [0.15, 0.2) is 0 Å². The molecule has 0 atom stereocenters. The summed E-state index contributed by atoms with van der Waals surface area (Å²) in [5.74, 6) is 0. The van der Waals surface area contributed by atoms with Crippen molar-refractivity contribution >= 4 is 25.8 Å². The molecular formula is C23H31N3O5S2. The minimum atomic E-state index is -3.77. The minimum absolute atomic E-state index is 0.0605. The second-order valence-electron chi connectivity index (χ2n) is 8.13. The summed E-state index contributed by atoms with van der Waals surface area (Å²) in [7, 11) is -7.54. The summed E-state index contributed by atoms with van der Waals surface area (Å²) >= 11 is 0. The maximum Gasteiger partial charge on any atom is 0.240 e. The Morgan fingerprint density at radius 2 is 1.06 bits per heavy atom. The van der Waals surface area contributed by atoms with Gasteiger partial charge in [0.05, 0.1) is 9.79 Å². The van der Waals surface area contributed by atoms with E-state index in [0.29, 0.717) is 47.9 Å². The van der Waals surface area contributed by atoms with E-state index in [-0.39, 0.29) is 27.6 Å². The zero-order valence-electron chi connectivity index (χ0n) is 19.3. The number of rotatable bonds is 10. The van der Waals surface area contributed by atoms with E-state index in [1.54, 1.807) is 12.1 Å². The lowest BCUT2D eigenvalue weighted by atomic mass is 10.1. The third-order valence-electron chi connectivity index (χ3n) is 6.12. The molecule has 3 rings (SSSR count). The van der Waals surface area contributed by atoms with Crippen molar-refractivity contribution in [3.63, 3.8) is 0 Å². The van der Waals surface area contributed by atoms with Crippen molar-refractivity contribution < 1.29 is 22.0 Å². The molecule has 0 bridgehead atoms. The number of oxime groups is 1. The van der Waals surface area contributed by atoms with Gasteiger partial charge >= 0.3 is 0 Å². The van der Waals surface area contributed by atoms with Crippen molar-refractivity contribution in [1.29, 1.82) is 0 Å². The van der Waals surface area contributed by atoms with Crippen molar-refractivity contribution in [1.82, 2.24) is 9.44 Å². The van der Waals surface area contributed by atoms with Crippen LogP contribution >= 0.6 is 0 Å². The maximum absolute atomic E-state index is 12.9. The number of sulfonamides is 2. The van der Waals surface area contributed by atoms with E-state index in [4.69, 9.17) is 0 Å². The van der Waals surface area contributed by atoms with Crippen molar-refractivity contribution in [3.8, 4) is 11.1 Å². The third-order valence-corrected chi connectivity index (χ3v) is 9.15. The summed E-state index contributed by atoms with van der Waals surface area (Å²) in [6.07, 6.45) is 2.66. The molecule has 2 aromatic rings. The average molecular weight is 494 g/mol. The summed E-state index contributed by atoms with van der Waals surface area (Å²) in [4.78, 5) is 0.121. The van der Waals surface area contributed by atoms with Crippen molar-refractivity contribution in [3.05, 3.63) is 47.5 Å². The van der Waals surface area contributed by atoms with Gasteiger partial charge in [-0.05, 0) is 61.1 Å². The second kappa shape index (κ2) is 9.92. The number of hydrogen-bond acceptors (Lipinski definition) is 6. The number of nitrogens with one attached hydrogen (secondary N) is 2. The first kappa shape index (κ1) is 25.4. The predicted octanol–water partition coefficient (Wildman–Crippen LogP) is 3.83. The van der Waals surface area contributed by atoms with E-state index < -0.39 is 20.0 Å². The topological polar surface area (TPSA) is 125 Å². The maximum atomic E-state index is 12.9. The summed E-state index contributed by atoms with van der Waals surface area (Å²) in [5, 5.41) is 13.1. The fourth-order valence-corrected chi connectivity index (χ4v) is 6.84. The summed E-state index contributed by atoms with van der Waals surface area (Å²) in [5.41, 5.74) is 2.36. The van der Waals surface area contributed by atoms with E-state index in [1.165, 1.54) is 24.3 Å². The van der Waals surface area contributed by atoms with Crippen LogP contribution < -0.4 is 9.44 Å². The van der Waals surface area contributed by atoms with Crippen LogP contribution in [0.5, 0.6) is 0 Å². The zero-order chi connectivity index (χ0) is 24.4. The third kappa shape index (κ3) is 4.98. The van der Waals surface area contributed by atoms with Crippen molar-refractivity contribution in [2.24, 2.45) is 5.16 Å². The Balaban J connectivity index is 2.03. The molecule has 8 nitrogen and oxygen atoms in total. The SMILES string of the molecule is CCC(CC)NS(=O)(=O)c1ccc2c(c1)C(=NO)c1cc(S(=O)(=O)NC(CC)CC)ccc1-2. The number of hydrogen-bond donors (Lipinski definition) is 3. The molecule has 1 aliphatic carbocycles. The van der Waals surface area contributed by atoms with Gasteiger partial charge < -0.3 is 5.21 Å². The summed E-state index contributed by atoms with van der Waals surface area (Å²) in [6.45, 7) is 7.65. The zero-order valence-corrected chi connectivity index (χ0v) is 20.9. The van der Waals surface area contributed by atoms with Gasteiger partial charge in [0.25, 0.3) is 0 Å². The molecule has 0 aromatic heterocycles. The predicted molar refractivity (Wildman–Crippen MR) is 129 cm³/mol. The van der Waals surface area contributed by atoms with Crippen LogP contribution in [0.2, 0.25) is 0 Å². The van der Waals surface area contributed by atoms with Gasteiger partial charge in [-0.2, -0.15) is 0 Å². The van der Waals surface area contributed by atoms with Crippen LogP contribution in [-0.4, -0.2) is 39.8 Å². The van der Waals surface area contributed by atoms with Crippen LogP contribution in [0, 0.1) is 0 Å². The monoisotopic (exact) mass is 493 g/mol. The van der Waals surface area contributed by atoms with Gasteiger partial charge in [0.2, 0.25) is 20.0 Å². The molecule has 180 valence electrons. The van der Waals surface area contributed by atoms with Crippen molar-refractivity contribution in [2.75, 3.05) is 0 Å². The van der Waals surface area contributed by atoms with Crippen LogP contribution in [0.25, 0.3) is 11.1 Å². The molecule has 0 spiro atoms. The number of fused-ring (bicyclic) bond motifs is 3. The van der Waals surface area contributed by atoms with Crippen LogP contribution in [0.3, 0.4) is 0 Å². The highest BCUT2D eigenvalue weighted by Crippen LogP contribution is 2.39.